The molecule has 4 heterocycles. The van der Waals surface area contributed by atoms with Gasteiger partial charge in [0, 0.05) is 31.9 Å². The van der Waals surface area contributed by atoms with Crippen LogP contribution < -0.4 is 15.6 Å². The third-order valence-corrected chi connectivity index (χ3v) is 8.00. The van der Waals surface area contributed by atoms with E-state index in [2.05, 4.69) is 41.2 Å². The van der Waals surface area contributed by atoms with Crippen LogP contribution in [-0.4, -0.2) is 72.5 Å². The molecule has 5 rings (SSSR count). The summed E-state index contributed by atoms with van der Waals surface area (Å²) in [6.07, 6.45) is -1.71. The highest BCUT2D eigenvalue weighted by atomic mass is 79.9. The highest BCUT2D eigenvalue weighted by molar-refractivity contribution is 9.10. The first-order valence-corrected chi connectivity index (χ1v) is 14.8. The van der Waals surface area contributed by atoms with Crippen LogP contribution in [-0.2, 0) is 23.9 Å². The summed E-state index contributed by atoms with van der Waals surface area (Å²) in [4.78, 5) is 60.0. The lowest BCUT2D eigenvalue weighted by atomic mass is 10.1. The van der Waals surface area contributed by atoms with Gasteiger partial charge in [0.05, 0.1) is 28.2 Å². The van der Waals surface area contributed by atoms with Gasteiger partial charge in [0.25, 0.3) is 5.91 Å². The molecule has 0 atom stereocenters. The lowest BCUT2D eigenvalue weighted by Gasteiger charge is -2.37. The molecular formula is C28H25BrClF3N8O4. The number of benzene rings is 1. The number of anilines is 2. The Balaban J connectivity index is 1.46. The molecule has 1 aromatic carbocycles. The van der Waals surface area contributed by atoms with Gasteiger partial charge in [-0.2, -0.15) is 13.2 Å². The highest BCUT2D eigenvalue weighted by Gasteiger charge is 2.32. The fourth-order valence-electron chi connectivity index (χ4n) is 5.10. The van der Waals surface area contributed by atoms with Crippen LogP contribution in [0.4, 0.5) is 24.5 Å². The van der Waals surface area contributed by atoms with Crippen LogP contribution in [0.2, 0.25) is 5.02 Å². The zero-order valence-corrected chi connectivity index (χ0v) is 26.2. The second-order valence-corrected chi connectivity index (χ2v) is 11.3. The summed E-state index contributed by atoms with van der Waals surface area (Å²) >= 11 is 9.29. The summed E-state index contributed by atoms with van der Waals surface area (Å²) in [5, 5.41) is 12.5. The van der Waals surface area contributed by atoms with Gasteiger partial charge in [-0.3, -0.25) is 14.4 Å². The first-order chi connectivity index (χ1) is 21.3. The average molecular weight is 710 g/mol. The summed E-state index contributed by atoms with van der Waals surface area (Å²) in [5.41, 5.74) is -0.336. The lowest BCUT2D eigenvalue weighted by Crippen LogP contribution is -2.50. The van der Waals surface area contributed by atoms with Gasteiger partial charge in [0.2, 0.25) is 11.3 Å². The normalized spacial score (nSPS) is 13.8. The van der Waals surface area contributed by atoms with Gasteiger partial charge < -0.3 is 24.8 Å². The minimum atomic E-state index is -4.60. The third kappa shape index (κ3) is 6.42. The summed E-state index contributed by atoms with van der Waals surface area (Å²) in [6, 6.07) is 2.60. The van der Waals surface area contributed by atoms with Crippen molar-refractivity contribution in [2.24, 2.45) is 0 Å². The summed E-state index contributed by atoms with van der Waals surface area (Å²) in [7, 11) is 0. The standard InChI is InChI=1S/C28H25BrClF3N8O4/c1-3-18-23(39-6-8-40(9-7-39)27(45)22-24(43)14(2)35-13-36-22)25(44)21-26(34-11-19(29)38-21)41(18)12-20(42)37-17-5-4-15(10-16(17)30)28(31,32)33/h4-5,10-11,13,43H,3,6-9,12H2,1-2H3,(H,37,42). The predicted molar refractivity (Wildman–Crippen MR) is 163 cm³/mol. The number of hydrogen-bond donors (Lipinski definition) is 2. The summed E-state index contributed by atoms with van der Waals surface area (Å²) in [6.45, 7) is 3.92. The van der Waals surface area contributed by atoms with Gasteiger partial charge in [0.15, 0.2) is 22.6 Å². The number of alkyl halides is 3. The van der Waals surface area contributed by atoms with Crippen LogP contribution in [0, 0.1) is 6.92 Å². The number of amides is 2. The smallest absolute Gasteiger partial charge is 0.416 e. The molecule has 17 heteroatoms. The number of fused-ring (bicyclic) bond motifs is 1. The second kappa shape index (κ2) is 12.6. The van der Waals surface area contributed by atoms with Crippen molar-refractivity contribution in [2.75, 3.05) is 36.4 Å². The Morgan fingerprint density at radius 2 is 1.84 bits per heavy atom. The monoisotopic (exact) mass is 708 g/mol. The number of carbonyl (C=O) groups excluding carboxylic acids is 2. The van der Waals surface area contributed by atoms with E-state index >= 15 is 0 Å². The van der Waals surface area contributed by atoms with Gasteiger partial charge >= 0.3 is 6.18 Å². The number of carbonyl (C=O) groups is 2. The molecule has 45 heavy (non-hydrogen) atoms. The molecule has 12 nitrogen and oxygen atoms in total. The topological polar surface area (TPSA) is 146 Å². The molecule has 1 aliphatic heterocycles. The van der Waals surface area contributed by atoms with Crippen LogP contribution in [0.25, 0.3) is 11.2 Å². The third-order valence-electron chi connectivity index (χ3n) is 7.31. The van der Waals surface area contributed by atoms with Crippen molar-refractivity contribution in [3.63, 3.8) is 0 Å². The van der Waals surface area contributed by atoms with Gasteiger partial charge in [-0.15, -0.1) is 0 Å². The molecule has 2 N–H and O–H groups in total. The predicted octanol–water partition coefficient (Wildman–Crippen LogP) is 4.19. The van der Waals surface area contributed by atoms with Crippen molar-refractivity contribution in [3.8, 4) is 5.75 Å². The second-order valence-electron chi connectivity index (χ2n) is 10.1. The van der Waals surface area contributed by atoms with Gasteiger partial charge in [-0.05, 0) is 47.5 Å². The minimum absolute atomic E-state index is 0.00294. The van der Waals surface area contributed by atoms with Crippen LogP contribution in [0.15, 0.2) is 40.1 Å². The highest BCUT2D eigenvalue weighted by Crippen LogP contribution is 2.34. The molecule has 0 spiro atoms. The maximum absolute atomic E-state index is 13.8. The van der Waals surface area contributed by atoms with Crippen LogP contribution >= 0.6 is 27.5 Å². The minimum Gasteiger partial charge on any atom is -0.504 e. The quantitative estimate of drug-likeness (QED) is 0.301. The molecule has 1 saturated heterocycles. The van der Waals surface area contributed by atoms with E-state index in [0.717, 1.165) is 18.2 Å². The van der Waals surface area contributed by atoms with E-state index in [1.807, 2.05) is 0 Å². The van der Waals surface area contributed by atoms with E-state index in [0.29, 0.717) is 16.7 Å². The van der Waals surface area contributed by atoms with E-state index in [1.54, 1.807) is 18.7 Å². The Hall–Kier alpha value is -4.31. The maximum atomic E-state index is 13.8. The Bertz CT molecular complexity index is 1880. The number of pyridine rings is 1. The van der Waals surface area contributed by atoms with E-state index < -0.39 is 29.0 Å². The zero-order chi connectivity index (χ0) is 32.6. The average Bonchev–Trinajstić information content (AvgIpc) is 3.00. The number of nitrogens with one attached hydrogen (secondary N) is 1. The van der Waals surface area contributed by atoms with E-state index in [4.69, 9.17) is 11.6 Å². The maximum Gasteiger partial charge on any atom is 0.416 e. The molecule has 1 aliphatic rings. The Kier molecular flexibility index (Phi) is 8.98. The van der Waals surface area contributed by atoms with E-state index in [9.17, 15) is 32.7 Å². The fraction of sp³-hybridized carbons (Fsp3) is 0.321. The van der Waals surface area contributed by atoms with Crippen molar-refractivity contribution in [2.45, 2.75) is 33.0 Å². The zero-order valence-electron chi connectivity index (χ0n) is 23.8. The largest absolute Gasteiger partial charge is 0.504 e. The number of hydrogen-bond acceptors (Lipinski definition) is 9. The number of aromatic nitrogens is 5. The SMILES string of the molecule is CCc1c(N2CCN(C(=O)c3ncnc(C)c3O)CC2)c(=O)c2nc(Br)cnc2n1CC(=O)Nc1ccc(C(F)(F)F)cc1Cl. The van der Waals surface area contributed by atoms with E-state index in [-0.39, 0.29) is 77.4 Å². The lowest BCUT2D eigenvalue weighted by molar-refractivity contribution is -0.137. The number of halogens is 5. The molecule has 3 aromatic heterocycles. The Labute approximate surface area is 267 Å². The van der Waals surface area contributed by atoms with Crippen molar-refractivity contribution in [1.82, 2.24) is 29.4 Å². The first-order valence-electron chi connectivity index (χ1n) is 13.6. The van der Waals surface area contributed by atoms with Crippen molar-refractivity contribution in [3.05, 3.63) is 73.2 Å². The first kappa shape index (κ1) is 32.1. The molecule has 1 fully saturated rings. The van der Waals surface area contributed by atoms with Crippen LogP contribution in [0.1, 0.15) is 34.4 Å². The molecule has 0 saturated carbocycles. The number of piperazine rings is 1. The van der Waals surface area contributed by atoms with Crippen LogP contribution in [0.5, 0.6) is 5.75 Å². The molecule has 2 amide bonds. The number of rotatable bonds is 6. The molecule has 0 bridgehead atoms. The van der Waals surface area contributed by atoms with Gasteiger partial charge in [-0.25, -0.2) is 19.9 Å². The summed E-state index contributed by atoms with van der Waals surface area (Å²) < 4.78 is 41.1. The van der Waals surface area contributed by atoms with Crippen molar-refractivity contribution < 1.29 is 27.9 Å². The molecule has 0 unspecified atom stereocenters. The van der Waals surface area contributed by atoms with Gasteiger partial charge in [0.1, 0.15) is 23.2 Å². The van der Waals surface area contributed by atoms with Crippen LogP contribution in [0.3, 0.4) is 0 Å². The van der Waals surface area contributed by atoms with E-state index in [1.165, 1.54) is 22.0 Å². The Morgan fingerprint density at radius 3 is 2.49 bits per heavy atom. The van der Waals surface area contributed by atoms with Crippen molar-refractivity contribution >= 4 is 61.9 Å². The Morgan fingerprint density at radius 1 is 1.13 bits per heavy atom. The number of nitrogens with zero attached hydrogens (tertiary/aromatic N) is 7. The molecular weight excluding hydrogens is 685 g/mol. The molecule has 4 aromatic rings. The number of aromatic hydroxyl groups is 1. The number of aryl methyl sites for hydroxylation is 1. The fourth-order valence-corrected chi connectivity index (χ4v) is 5.60. The van der Waals surface area contributed by atoms with Gasteiger partial charge in [-0.1, -0.05) is 18.5 Å². The molecule has 236 valence electrons. The van der Waals surface area contributed by atoms with Crippen molar-refractivity contribution in [1.29, 1.82) is 0 Å². The summed E-state index contributed by atoms with van der Waals surface area (Å²) in [5.74, 6) is -1.39. The molecule has 0 radical (unpaired) electrons. The molecule has 0 aliphatic carbocycles.